The van der Waals surface area contributed by atoms with Gasteiger partial charge in [-0.1, -0.05) is 6.92 Å². The lowest BCUT2D eigenvalue weighted by Crippen LogP contribution is -2.46. The van der Waals surface area contributed by atoms with E-state index in [4.69, 9.17) is 9.52 Å². The van der Waals surface area contributed by atoms with E-state index in [0.717, 1.165) is 4.90 Å². The second kappa shape index (κ2) is 6.04. The third kappa shape index (κ3) is 3.47. The monoisotopic (exact) mass is 255 g/mol. The van der Waals surface area contributed by atoms with Gasteiger partial charge in [-0.15, -0.1) is 0 Å². The molecular formula is C11H17N3O4. The van der Waals surface area contributed by atoms with Gasteiger partial charge in [0, 0.05) is 7.05 Å². The number of nitrogens with one attached hydrogen (secondary N) is 1. The molecule has 0 aromatic carbocycles. The summed E-state index contributed by atoms with van der Waals surface area (Å²) in [4.78, 5) is 27.7. The van der Waals surface area contributed by atoms with Crippen molar-refractivity contribution in [3.05, 3.63) is 17.8 Å². The van der Waals surface area contributed by atoms with Crippen LogP contribution in [0, 0.1) is 6.92 Å². The van der Waals surface area contributed by atoms with Crippen LogP contribution in [0.1, 0.15) is 25.0 Å². The van der Waals surface area contributed by atoms with E-state index >= 15 is 0 Å². The molecule has 7 heteroatoms. The molecule has 100 valence electrons. The topological polar surface area (TPSA) is 95.7 Å². The number of nitrogens with zero attached hydrogens (tertiary/aromatic N) is 2. The van der Waals surface area contributed by atoms with Crippen molar-refractivity contribution in [2.45, 2.75) is 32.9 Å². The zero-order valence-electron chi connectivity index (χ0n) is 10.6. The molecular weight excluding hydrogens is 238 g/mol. The first-order valence-corrected chi connectivity index (χ1v) is 5.60. The molecule has 0 spiro atoms. The summed E-state index contributed by atoms with van der Waals surface area (Å²) in [7, 11) is 1.44. The van der Waals surface area contributed by atoms with Gasteiger partial charge >= 0.3 is 12.0 Å². The van der Waals surface area contributed by atoms with Gasteiger partial charge in [-0.25, -0.2) is 14.6 Å². The van der Waals surface area contributed by atoms with Crippen molar-refractivity contribution in [3.63, 3.8) is 0 Å². The summed E-state index contributed by atoms with van der Waals surface area (Å²) in [6.07, 6.45) is 1.90. The highest BCUT2D eigenvalue weighted by atomic mass is 16.4. The number of oxazole rings is 1. The van der Waals surface area contributed by atoms with Gasteiger partial charge in [0.25, 0.3) is 0 Å². The van der Waals surface area contributed by atoms with Gasteiger partial charge in [0.15, 0.2) is 0 Å². The van der Waals surface area contributed by atoms with Gasteiger partial charge in [0.2, 0.25) is 5.89 Å². The number of rotatable bonds is 5. The van der Waals surface area contributed by atoms with Gasteiger partial charge in [0.05, 0.1) is 12.7 Å². The van der Waals surface area contributed by atoms with Gasteiger partial charge < -0.3 is 19.7 Å². The summed E-state index contributed by atoms with van der Waals surface area (Å²) < 4.78 is 5.19. The van der Waals surface area contributed by atoms with E-state index in [-0.39, 0.29) is 6.54 Å². The molecule has 1 unspecified atom stereocenters. The number of urea groups is 1. The number of aromatic nitrogens is 1. The van der Waals surface area contributed by atoms with Crippen molar-refractivity contribution >= 4 is 12.0 Å². The lowest BCUT2D eigenvalue weighted by Gasteiger charge is -2.23. The SMILES string of the molecule is CCC(C(=O)O)N(C)C(=O)NCc1ncc(C)o1. The summed E-state index contributed by atoms with van der Waals surface area (Å²) in [5, 5.41) is 11.5. The molecule has 0 saturated carbocycles. The first-order chi connectivity index (χ1) is 8.45. The third-order valence-corrected chi connectivity index (χ3v) is 2.52. The Bertz CT molecular complexity index is 430. The molecule has 0 radical (unpaired) electrons. The number of carbonyl (C=O) groups excluding carboxylic acids is 1. The molecule has 1 atom stereocenters. The minimum Gasteiger partial charge on any atom is -0.480 e. The highest BCUT2D eigenvalue weighted by molar-refractivity contribution is 5.82. The molecule has 1 rings (SSSR count). The molecule has 2 amide bonds. The largest absolute Gasteiger partial charge is 0.480 e. The maximum absolute atomic E-state index is 11.7. The molecule has 0 aliphatic carbocycles. The van der Waals surface area contributed by atoms with Crippen molar-refractivity contribution in [2.24, 2.45) is 0 Å². The van der Waals surface area contributed by atoms with Gasteiger partial charge in [-0.05, 0) is 13.3 Å². The number of aliphatic carboxylic acids is 1. The van der Waals surface area contributed by atoms with Gasteiger partial charge in [-0.2, -0.15) is 0 Å². The lowest BCUT2D eigenvalue weighted by molar-refractivity contribution is -0.141. The Morgan fingerprint density at radius 2 is 2.28 bits per heavy atom. The second-order valence-electron chi connectivity index (χ2n) is 3.90. The molecule has 2 N–H and O–H groups in total. The Kier molecular flexibility index (Phi) is 4.70. The minimum absolute atomic E-state index is 0.132. The number of carbonyl (C=O) groups is 2. The fourth-order valence-corrected chi connectivity index (χ4v) is 1.51. The smallest absolute Gasteiger partial charge is 0.326 e. The number of hydrogen-bond acceptors (Lipinski definition) is 4. The van der Waals surface area contributed by atoms with Gasteiger partial charge in [-0.3, -0.25) is 0 Å². The Balaban J connectivity index is 2.52. The quantitative estimate of drug-likeness (QED) is 0.817. The Morgan fingerprint density at radius 1 is 1.61 bits per heavy atom. The summed E-state index contributed by atoms with van der Waals surface area (Å²) in [5.41, 5.74) is 0. The zero-order valence-corrected chi connectivity index (χ0v) is 10.6. The minimum atomic E-state index is -1.03. The Hall–Kier alpha value is -2.05. The van der Waals surface area contributed by atoms with Crippen molar-refractivity contribution in [2.75, 3.05) is 7.05 Å². The van der Waals surface area contributed by atoms with Crippen LogP contribution in [0.4, 0.5) is 4.79 Å². The van der Waals surface area contributed by atoms with Crippen LogP contribution in [0.15, 0.2) is 10.6 Å². The molecule has 1 heterocycles. The number of aryl methyl sites for hydroxylation is 1. The van der Waals surface area contributed by atoms with Crippen molar-refractivity contribution in [1.29, 1.82) is 0 Å². The van der Waals surface area contributed by atoms with Crippen LogP contribution < -0.4 is 5.32 Å². The first-order valence-electron chi connectivity index (χ1n) is 5.60. The summed E-state index contributed by atoms with van der Waals surface area (Å²) in [6, 6.07) is -1.31. The number of hydrogen-bond donors (Lipinski definition) is 2. The van der Waals surface area contributed by atoms with E-state index in [1.807, 2.05) is 0 Å². The highest BCUT2D eigenvalue weighted by Gasteiger charge is 2.24. The highest BCUT2D eigenvalue weighted by Crippen LogP contribution is 2.04. The number of likely N-dealkylation sites (N-methyl/N-ethyl adjacent to an activating group) is 1. The fraction of sp³-hybridized carbons (Fsp3) is 0.545. The average Bonchev–Trinajstić information content (AvgIpc) is 2.72. The normalized spacial score (nSPS) is 11.9. The Labute approximate surface area is 105 Å². The first kappa shape index (κ1) is 14.0. The molecule has 1 aromatic heterocycles. The van der Waals surface area contributed by atoms with Crippen LogP contribution in [-0.2, 0) is 11.3 Å². The molecule has 1 aromatic rings. The van der Waals surface area contributed by atoms with E-state index in [1.54, 1.807) is 20.0 Å². The number of amides is 2. The van der Waals surface area contributed by atoms with Crippen LogP contribution in [-0.4, -0.2) is 40.1 Å². The molecule has 0 aliphatic rings. The van der Waals surface area contributed by atoms with Crippen LogP contribution in [0.25, 0.3) is 0 Å². The predicted molar refractivity (Wildman–Crippen MR) is 63.0 cm³/mol. The molecule has 0 aliphatic heterocycles. The van der Waals surface area contributed by atoms with E-state index < -0.39 is 18.0 Å². The number of carboxylic acid groups (broad SMARTS) is 1. The van der Waals surface area contributed by atoms with Crippen LogP contribution in [0.5, 0.6) is 0 Å². The van der Waals surface area contributed by atoms with E-state index in [2.05, 4.69) is 10.3 Å². The van der Waals surface area contributed by atoms with Crippen LogP contribution >= 0.6 is 0 Å². The summed E-state index contributed by atoms with van der Waals surface area (Å²) in [5.74, 6) is 0.0179. The van der Waals surface area contributed by atoms with Crippen molar-refractivity contribution < 1.29 is 19.1 Å². The molecule has 0 saturated heterocycles. The Morgan fingerprint density at radius 3 is 2.72 bits per heavy atom. The average molecular weight is 255 g/mol. The summed E-state index contributed by atoms with van der Waals surface area (Å²) in [6.45, 7) is 3.59. The zero-order chi connectivity index (χ0) is 13.7. The fourth-order valence-electron chi connectivity index (χ4n) is 1.51. The maximum Gasteiger partial charge on any atom is 0.326 e. The predicted octanol–water partition coefficient (Wildman–Crippen LogP) is 0.988. The maximum atomic E-state index is 11.7. The van der Waals surface area contributed by atoms with Crippen molar-refractivity contribution in [1.82, 2.24) is 15.2 Å². The molecule has 0 bridgehead atoms. The second-order valence-corrected chi connectivity index (χ2v) is 3.90. The third-order valence-electron chi connectivity index (χ3n) is 2.52. The molecule has 7 nitrogen and oxygen atoms in total. The molecule has 18 heavy (non-hydrogen) atoms. The van der Waals surface area contributed by atoms with E-state index in [9.17, 15) is 9.59 Å². The van der Waals surface area contributed by atoms with Crippen LogP contribution in [0.3, 0.4) is 0 Å². The lowest BCUT2D eigenvalue weighted by atomic mass is 10.2. The van der Waals surface area contributed by atoms with E-state index in [1.165, 1.54) is 7.05 Å². The standard InChI is InChI=1S/C11H17N3O4/c1-4-8(10(15)16)14(3)11(17)13-6-9-12-5-7(2)18-9/h5,8H,4,6H2,1-3H3,(H,13,17)(H,15,16). The van der Waals surface area contributed by atoms with Crippen molar-refractivity contribution in [3.8, 4) is 0 Å². The number of carboxylic acids is 1. The molecule has 0 fully saturated rings. The van der Waals surface area contributed by atoms with Crippen LogP contribution in [0.2, 0.25) is 0 Å². The summed E-state index contributed by atoms with van der Waals surface area (Å²) >= 11 is 0. The van der Waals surface area contributed by atoms with E-state index in [0.29, 0.717) is 18.1 Å². The van der Waals surface area contributed by atoms with Gasteiger partial charge in [0.1, 0.15) is 11.8 Å².